The molecule has 19 heavy (non-hydrogen) atoms. The van der Waals surface area contributed by atoms with Crippen LogP contribution in [0, 0.1) is 0 Å². The highest BCUT2D eigenvalue weighted by molar-refractivity contribution is 5.68. The predicted molar refractivity (Wildman–Crippen MR) is 67.8 cm³/mol. The first-order valence-electron chi connectivity index (χ1n) is 5.72. The summed E-state index contributed by atoms with van der Waals surface area (Å²) in [6.45, 7) is 0. The summed E-state index contributed by atoms with van der Waals surface area (Å²) in [5.41, 5.74) is 1.52. The molecule has 0 spiro atoms. The number of aliphatic carboxylic acids is 1. The van der Waals surface area contributed by atoms with Crippen LogP contribution in [-0.4, -0.2) is 27.3 Å². The Bertz CT molecular complexity index is 566. The molecule has 1 atom stereocenters. The van der Waals surface area contributed by atoms with E-state index in [0.29, 0.717) is 12.0 Å². The molecule has 1 heterocycles. The molecule has 1 aromatic heterocycles. The van der Waals surface area contributed by atoms with E-state index in [4.69, 9.17) is 5.11 Å². The van der Waals surface area contributed by atoms with E-state index in [9.17, 15) is 9.59 Å². The van der Waals surface area contributed by atoms with E-state index in [0.717, 1.165) is 5.69 Å². The molecule has 0 unspecified atom stereocenters. The van der Waals surface area contributed by atoms with Crippen molar-refractivity contribution in [1.29, 1.82) is 0 Å². The lowest BCUT2D eigenvalue weighted by Gasteiger charge is -2.10. The number of carboxylic acids is 1. The van der Waals surface area contributed by atoms with Crippen LogP contribution in [0.4, 0.5) is 0 Å². The first-order chi connectivity index (χ1) is 9.20. The van der Waals surface area contributed by atoms with Gasteiger partial charge in [0.1, 0.15) is 0 Å². The van der Waals surface area contributed by atoms with E-state index in [1.54, 1.807) is 17.1 Å². The zero-order chi connectivity index (χ0) is 13.7. The number of carboxylic acid groups (broad SMARTS) is 1. The summed E-state index contributed by atoms with van der Waals surface area (Å²) in [4.78, 5) is 21.3. The molecular formula is C13H13N3O3. The second-order valence-electron chi connectivity index (χ2n) is 3.99. The number of rotatable bonds is 6. The molecule has 0 aliphatic heterocycles. The van der Waals surface area contributed by atoms with Crippen molar-refractivity contribution in [3.8, 4) is 5.69 Å². The first kappa shape index (κ1) is 12.8. The molecule has 0 fully saturated rings. The minimum atomic E-state index is -0.980. The van der Waals surface area contributed by atoms with Crippen molar-refractivity contribution in [3.05, 3.63) is 48.3 Å². The van der Waals surface area contributed by atoms with Gasteiger partial charge in [-0.2, -0.15) is 5.10 Å². The summed E-state index contributed by atoms with van der Waals surface area (Å²) >= 11 is 0. The standard InChI is InChI=1S/C13H13N3O3/c17-9-14-12(6-13(18)19)10-7-15-16(8-10)11-4-2-1-3-5-11/h1-5,7-9,12H,6H2,(H,14,17)(H,18,19)/t12-/m1/s1. The van der Waals surface area contributed by atoms with Gasteiger partial charge in [0.25, 0.3) is 0 Å². The topological polar surface area (TPSA) is 84.2 Å². The molecule has 98 valence electrons. The van der Waals surface area contributed by atoms with Crippen LogP contribution in [0.2, 0.25) is 0 Å². The number of hydrogen-bond acceptors (Lipinski definition) is 3. The van der Waals surface area contributed by atoms with Crippen molar-refractivity contribution >= 4 is 12.4 Å². The van der Waals surface area contributed by atoms with Crippen LogP contribution in [0.1, 0.15) is 18.0 Å². The quantitative estimate of drug-likeness (QED) is 0.762. The minimum Gasteiger partial charge on any atom is -0.481 e. The van der Waals surface area contributed by atoms with Crippen LogP contribution in [-0.2, 0) is 9.59 Å². The fraction of sp³-hybridized carbons (Fsp3) is 0.154. The Hall–Kier alpha value is -2.63. The summed E-state index contributed by atoms with van der Waals surface area (Å²) in [6.07, 6.45) is 3.57. The Morgan fingerprint density at radius 1 is 1.42 bits per heavy atom. The lowest BCUT2D eigenvalue weighted by atomic mass is 10.1. The number of carbonyl (C=O) groups excluding carboxylic acids is 1. The maximum atomic E-state index is 10.8. The van der Waals surface area contributed by atoms with Gasteiger partial charge in [0.05, 0.1) is 24.3 Å². The lowest BCUT2D eigenvalue weighted by molar-refractivity contribution is -0.137. The zero-order valence-corrected chi connectivity index (χ0v) is 10.1. The fourth-order valence-corrected chi connectivity index (χ4v) is 1.77. The van der Waals surface area contributed by atoms with Gasteiger partial charge in [0, 0.05) is 11.8 Å². The predicted octanol–water partition coefficient (Wildman–Crippen LogP) is 1.13. The van der Waals surface area contributed by atoms with Crippen LogP contribution in [0.25, 0.3) is 5.69 Å². The summed E-state index contributed by atoms with van der Waals surface area (Å²) < 4.78 is 1.64. The molecule has 2 rings (SSSR count). The van der Waals surface area contributed by atoms with E-state index in [1.807, 2.05) is 30.3 Å². The minimum absolute atomic E-state index is 0.181. The third-order valence-electron chi connectivity index (χ3n) is 2.67. The number of nitrogens with zero attached hydrogens (tertiary/aromatic N) is 2. The van der Waals surface area contributed by atoms with Gasteiger partial charge >= 0.3 is 5.97 Å². The van der Waals surface area contributed by atoms with Crippen LogP contribution >= 0.6 is 0 Å². The number of hydrogen-bond donors (Lipinski definition) is 2. The maximum Gasteiger partial charge on any atom is 0.305 e. The zero-order valence-electron chi connectivity index (χ0n) is 10.1. The molecule has 0 aliphatic carbocycles. The van der Waals surface area contributed by atoms with E-state index in [2.05, 4.69) is 10.4 Å². The molecular weight excluding hydrogens is 246 g/mol. The van der Waals surface area contributed by atoms with Crippen molar-refractivity contribution in [2.24, 2.45) is 0 Å². The Kier molecular flexibility index (Phi) is 3.92. The van der Waals surface area contributed by atoms with Gasteiger partial charge in [0.2, 0.25) is 6.41 Å². The number of amides is 1. The van der Waals surface area contributed by atoms with Crippen LogP contribution in [0.5, 0.6) is 0 Å². The fourth-order valence-electron chi connectivity index (χ4n) is 1.77. The molecule has 6 heteroatoms. The largest absolute Gasteiger partial charge is 0.481 e. The van der Waals surface area contributed by atoms with E-state index in [1.165, 1.54) is 0 Å². The molecule has 6 nitrogen and oxygen atoms in total. The Balaban J connectivity index is 2.23. The lowest BCUT2D eigenvalue weighted by Crippen LogP contribution is -2.22. The van der Waals surface area contributed by atoms with Gasteiger partial charge in [-0.1, -0.05) is 18.2 Å². The number of para-hydroxylation sites is 1. The van der Waals surface area contributed by atoms with E-state index >= 15 is 0 Å². The van der Waals surface area contributed by atoms with Crippen molar-refractivity contribution in [2.75, 3.05) is 0 Å². The van der Waals surface area contributed by atoms with Crippen molar-refractivity contribution in [3.63, 3.8) is 0 Å². The summed E-state index contributed by atoms with van der Waals surface area (Å²) in [5.74, 6) is -0.980. The highest BCUT2D eigenvalue weighted by atomic mass is 16.4. The molecule has 2 N–H and O–H groups in total. The summed E-state index contributed by atoms with van der Waals surface area (Å²) in [7, 11) is 0. The second kappa shape index (κ2) is 5.81. The molecule has 0 aliphatic rings. The SMILES string of the molecule is O=CN[C@H](CC(=O)O)c1cnn(-c2ccccc2)c1. The van der Waals surface area contributed by atoms with Gasteiger partial charge < -0.3 is 10.4 Å². The van der Waals surface area contributed by atoms with E-state index in [-0.39, 0.29) is 6.42 Å². The first-order valence-corrected chi connectivity index (χ1v) is 5.72. The number of carbonyl (C=O) groups is 2. The summed E-state index contributed by atoms with van der Waals surface area (Å²) in [6, 6.07) is 8.86. The van der Waals surface area contributed by atoms with Gasteiger partial charge in [-0.15, -0.1) is 0 Å². The molecule has 1 aromatic carbocycles. The highest BCUT2D eigenvalue weighted by Gasteiger charge is 2.16. The van der Waals surface area contributed by atoms with Crippen LogP contribution < -0.4 is 5.32 Å². The van der Waals surface area contributed by atoms with Gasteiger partial charge in [-0.05, 0) is 12.1 Å². The Morgan fingerprint density at radius 2 is 2.16 bits per heavy atom. The van der Waals surface area contributed by atoms with Gasteiger partial charge in [-0.25, -0.2) is 4.68 Å². The van der Waals surface area contributed by atoms with Crippen LogP contribution in [0.15, 0.2) is 42.7 Å². The molecule has 0 saturated heterocycles. The molecule has 0 bridgehead atoms. The average molecular weight is 259 g/mol. The summed E-state index contributed by atoms with van der Waals surface area (Å²) in [5, 5.41) is 15.5. The van der Waals surface area contributed by atoms with E-state index < -0.39 is 12.0 Å². The molecule has 0 radical (unpaired) electrons. The molecule has 2 aromatic rings. The molecule has 0 saturated carbocycles. The number of aromatic nitrogens is 2. The third kappa shape index (κ3) is 3.19. The highest BCUT2D eigenvalue weighted by Crippen LogP contribution is 2.17. The maximum absolute atomic E-state index is 10.8. The third-order valence-corrected chi connectivity index (χ3v) is 2.67. The average Bonchev–Trinajstić information content (AvgIpc) is 2.88. The van der Waals surface area contributed by atoms with Gasteiger partial charge in [0.15, 0.2) is 0 Å². The second-order valence-corrected chi connectivity index (χ2v) is 3.99. The number of benzene rings is 1. The van der Waals surface area contributed by atoms with Crippen molar-refractivity contribution in [1.82, 2.24) is 15.1 Å². The Morgan fingerprint density at radius 3 is 2.79 bits per heavy atom. The smallest absolute Gasteiger partial charge is 0.305 e. The normalized spacial score (nSPS) is 11.8. The number of nitrogens with one attached hydrogen (secondary N) is 1. The van der Waals surface area contributed by atoms with Gasteiger partial charge in [-0.3, -0.25) is 9.59 Å². The Labute approximate surface area is 109 Å². The van der Waals surface area contributed by atoms with Crippen molar-refractivity contribution < 1.29 is 14.7 Å². The van der Waals surface area contributed by atoms with Crippen LogP contribution in [0.3, 0.4) is 0 Å². The monoisotopic (exact) mass is 259 g/mol. The molecule has 1 amide bonds. The van der Waals surface area contributed by atoms with Crippen molar-refractivity contribution in [2.45, 2.75) is 12.5 Å².